The normalized spacial score (nSPS) is 13.0. The first-order valence-corrected chi connectivity index (χ1v) is 10.8. The van der Waals surface area contributed by atoms with Crippen LogP contribution >= 0.6 is 0 Å². The number of amides is 2. The predicted molar refractivity (Wildman–Crippen MR) is 124 cm³/mol. The monoisotopic (exact) mass is 429 g/mol. The number of hydrogen-bond acceptors (Lipinski definition) is 4. The van der Waals surface area contributed by atoms with Crippen molar-refractivity contribution in [3.63, 3.8) is 0 Å². The highest BCUT2D eigenvalue weighted by molar-refractivity contribution is 5.85. The molecule has 1 aliphatic carbocycles. The minimum absolute atomic E-state index is 0.0342. The van der Waals surface area contributed by atoms with Gasteiger partial charge in [-0.2, -0.15) is 0 Å². The van der Waals surface area contributed by atoms with Crippen LogP contribution in [0.4, 0.5) is 4.79 Å². The fraction of sp³-hybridized carbons (Fsp3) is 0.231. The summed E-state index contributed by atoms with van der Waals surface area (Å²) < 4.78 is 5.56. The first-order valence-electron chi connectivity index (χ1n) is 10.8. The van der Waals surface area contributed by atoms with E-state index in [4.69, 9.17) is 10.5 Å². The SMILES string of the molecule is NCC[C@H](NC(=O)OCC1c2ccccc2-c2ccccc21)C(=O)NCc1ccccc1. The molecule has 3 aromatic carbocycles. The third kappa shape index (κ3) is 4.81. The zero-order valence-electron chi connectivity index (χ0n) is 17.8. The molecule has 6 heteroatoms. The van der Waals surface area contributed by atoms with Crippen molar-refractivity contribution in [3.05, 3.63) is 95.6 Å². The Hall–Kier alpha value is -3.64. The molecular formula is C26H27N3O3. The van der Waals surface area contributed by atoms with Gasteiger partial charge in [0, 0.05) is 12.5 Å². The highest BCUT2D eigenvalue weighted by atomic mass is 16.5. The Morgan fingerprint density at radius 1 is 0.875 bits per heavy atom. The van der Waals surface area contributed by atoms with Gasteiger partial charge in [-0.25, -0.2) is 4.79 Å². The van der Waals surface area contributed by atoms with E-state index in [2.05, 4.69) is 34.9 Å². The summed E-state index contributed by atoms with van der Waals surface area (Å²) in [6.07, 6.45) is -0.301. The van der Waals surface area contributed by atoms with Gasteiger partial charge in [-0.05, 0) is 40.8 Å². The fourth-order valence-corrected chi connectivity index (χ4v) is 4.13. The van der Waals surface area contributed by atoms with E-state index in [-0.39, 0.29) is 25.0 Å². The van der Waals surface area contributed by atoms with Crippen molar-refractivity contribution in [1.82, 2.24) is 10.6 Å². The average molecular weight is 430 g/mol. The topological polar surface area (TPSA) is 93.4 Å². The molecule has 0 aromatic heterocycles. The van der Waals surface area contributed by atoms with E-state index in [0.717, 1.165) is 16.7 Å². The molecule has 0 unspecified atom stereocenters. The summed E-state index contributed by atoms with van der Waals surface area (Å²) >= 11 is 0. The summed E-state index contributed by atoms with van der Waals surface area (Å²) in [4.78, 5) is 25.1. The molecular weight excluding hydrogens is 402 g/mol. The van der Waals surface area contributed by atoms with Crippen LogP contribution in [0.5, 0.6) is 0 Å². The van der Waals surface area contributed by atoms with Gasteiger partial charge in [0.05, 0.1) is 0 Å². The van der Waals surface area contributed by atoms with Crippen molar-refractivity contribution < 1.29 is 14.3 Å². The quantitative estimate of drug-likeness (QED) is 0.510. The summed E-state index contributed by atoms with van der Waals surface area (Å²) in [6, 6.07) is 25.2. The van der Waals surface area contributed by atoms with Crippen LogP contribution in [-0.4, -0.2) is 31.2 Å². The molecule has 4 N–H and O–H groups in total. The third-order valence-electron chi connectivity index (χ3n) is 5.72. The van der Waals surface area contributed by atoms with Gasteiger partial charge in [0.1, 0.15) is 12.6 Å². The van der Waals surface area contributed by atoms with Gasteiger partial charge in [0.25, 0.3) is 0 Å². The molecule has 6 nitrogen and oxygen atoms in total. The van der Waals surface area contributed by atoms with E-state index in [0.29, 0.717) is 13.0 Å². The van der Waals surface area contributed by atoms with Gasteiger partial charge in [-0.15, -0.1) is 0 Å². The Labute approximate surface area is 187 Å². The van der Waals surface area contributed by atoms with Gasteiger partial charge in [-0.3, -0.25) is 4.79 Å². The van der Waals surface area contributed by atoms with Crippen molar-refractivity contribution in [3.8, 4) is 11.1 Å². The number of carbonyl (C=O) groups excluding carboxylic acids is 2. The molecule has 32 heavy (non-hydrogen) atoms. The smallest absolute Gasteiger partial charge is 0.407 e. The highest BCUT2D eigenvalue weighted by Crippen LogP contribution is 2.44. The standard InChI is InChI=1S/C26H27N3O3/c27-15-14-24(25(30)28-16-18-8-2-1-3-9-18)29-26(31)32-17-23-21-12-6-4-10-19(21)20-11-5-7-13-22(20)23/h1-13,23-24H,14-17,27H2,(H,28,30)(H,29,31)/t24-/m0/s1. The lowest BCUT2D eigenvalue weighted by Crippen LogP contribution is -2.47. The van der Waals surface area contributed by atoms with E-state index in [1.165, 1.54) is 11.1 Å². The van der Waals surface area contributed by atoms with Gasteiger partial charge in [0.2, 0.25) is 5.91 Å². The van der Waals surface area contributed by atoms with Crippen LogP contribution in [0.15, 0.2) is 78.9 Å². The second-order valence-electron chi connectivity index (χ2n) is 7.80. The molecule has 1 aliphatic rings. The van der Waals surface area contributed by atoms with E-state index >= 15 is 0 Å². The van der Waals surface area contributed by atoms with Crippen LogP contribution in [0.1, 0.15) is 29.0 Å². The molecule has 0 saturated carbocycles. The van der Waals surface area contributed by atoms with Crippen LogP contribution in [0.25, 0.3) is 11.1 Å². The number of nitrogens with two attached hydrogens (primary N) is 1. The molecule has 0 bridgehead atoms. The largest absolute Gasteiger partial charge is 0.449 e. The molecule has 0 aliphatic heterocycles. The number of fused-ring (bicyclic) bond motifs is 3. The molecule has 4 rings (SSSR count). The van der Waals surface area contributed by atoms with Gasteiger partial charge < -0.3 is 21.1 Å². The van der Waals surface area contributed by atoms with Crippen molar-refractivity contribution in [2.75, 3.05) is 13.2 Å². The predicted octanol–water partition coefficient (Wildman–Crippen LogP) is 3.56. The van der Waals surface area contributed by atoms with E-state index in [9.17, 15) is 9.59 Å². The van der Waals surface area contributed by atoms with Gasteiger partial charge >= 0.3 is 6.09 Å². The van der Waals surface area contributed by atoms with Crippen LogP contribution < -0.4 is 16.4 Å². The van der Waals surface area contributed by atoms with E-state index in [1.54, 1.807) is 0 Å². The van der Waals surface area contributed by atoms with E-state index < -0.39 is 12.1 Å². The maximum atomic E-state index is 12.6. The summed E-state index contributed by atoms with van der Waals surface area (Å²) in [5.41, 5.74) is 11.2. The Kier molecular flexibility index (Phi) is 6.82. The third-order valence-corrected chi connectivity index (χ3v) is 5.72. The molecule has 0 saturated heterocycles. The Bertz CT molecular complexity index is 1040. The molecule has 0 heterocycles. The van der Waals surface area contributed by atoms with E-state index in [1.807, 2.05) is 54.6 Å². The van der Waals surface area contributed by atoms with Gasteiger partial charge in [0.15, 0.2) is 0 Å². The summed E-state index contributed by atoms with van der Waals surface area (Å²) in [7, 11) is 0. The Morgan fingerprint density at radius 2 is 1.47 bits per heavy atom. The Morgan fingerprint density at radius 3 is 2.09 bits per heavy atom. The van der Waals surface area contributed by atoms with Crippen LogP contribution in [0.3, 0.4) is 0 Å². The lowest BCUT2D eigenvalue weighted by molar-refractivity contribution is -0.123. The van der Waals surface area contributed by atoms with Crippen molar-refractivity contribution in [2.45, 2.75) is 24.9 Å². The maximum Gasteiger partial charge on any atom is 0.407 e. The first-order chi connectivity index (χ1) is 15.7. The first kappa shape index (κ1) is 21.6. The number of rotatable bonds is 8. The molecule has 0 spiro atoms. The van der Waals surface area contributed by atoms with Crippen LogP contribution in [-0.2, 0) is 16.1 Å². The molecule has 3 aromatic rings. The summed E-state index contributed by atoms with van der Waals surface area (Å²) in [5, 5.41) is 5.52. The second-order valence-corrected chi connectivity index (χ2v) is 7.80. The zero-order valence-corrected chi connectivity index (χ0v) is 17.8. The van der Waals surface area contributed by atoms with Crippen molar-refractivity contribution in [1.29, 1.82) is 0 Å². The number of ether oxygens (including phenoxy) is 1. The summed E-state index contributed by atoms with van der Waals surface area (Å²) in [6.45, 7) is 0.848. The second kappa shape index (κ2) is 10.1. The lowest BCUT2D eigenvalue weighted by Gasteiger charge is -2.19. The zero-order chi connectivity index (χ0) is 22.3. The maximum absolute atomic E-state index is 12.6. The number of nitrogens with one attached hydrogen (secondary N) is 2. The van der Waals surface area contributed by atoms with Crippen LogP contribution in [0.2, 0.25) is 0 Å². The molecule has 2 amide bonds. The molecule has 0 radical (unpaired) electrons. The molecule has 164 valence electrons. The summed E-state index contributed by atoms with van der Waals surface area (Å²) in [5.74, 6) is -0.319. The van der Waals surface area contributed by atoms with Crippen molar-refractivity contribution in [2.24, 2.45) is 5.73 Å². The molecule has 0 fully saturated rings. The number of carbonyl (C=O) groups is 2. The average Bonchev–Trinajstić information content (AvgIpc) is 3.15. The minimum Gasteiger partial charge on any atom is -0.449 e. The Balaban J connectivity index is 1.36. The molecule has 1 atom stereocenters. The number of alkyl carbamates (subject to hydrolysis) is 1. The number of hydrogen-bond donors (Lipinski definition) is 3. The lowest BCUT2D eigenvalue weighted by atomic mass is 9.98. The minimum atomic E-state index is -0.751. The fourth-order valence-electron chi connectivity index (χ4n) is 4.13. The van der Waals surface area contributed by atoms with Gasteiger partial charge in [-0.1, -0.05) is 78.9 Å². The number of benzene rings is 3. The van der Waals surface area contributed by atoms with Crippen LogP contribution in [0, 0.1) is 0 Å². The highest BCUT2D eigenvalue weighted by Gasteiger charge is 2.29. The van der Waals surface area contributed by atoms with Crippen molar-refractivity contribution >= 4 is 12.0 Å².